The molecule has 0 radical (unpaired) electrons. The van der Waals surface area contributed by atoms with E-state index in [4.69, 9.17) is 5.84 Å². The molecule has 2 atom stereocenters. The van der Waals surface area contributed by atoms with E-state index in [2.05, 4.69) is 10.3 Å². The molecule has 0 aromatic heterocycles. The molecule has 0 aromatic rings. The molecule has 3 fully saturated rings. The zero-order valence-corrected chi connectivity index (χ0v) is 12.6. The quantitative estimate of drug-likeness (QED) is 0.434. The lowest BCUT2D eigenvalue weighted by Crippen LogP contribution is -2.47. The summed E-state index contributed by atoms with van der Waals surface area (Å²) in [5.74, 6) is 6.91. The summed E-state index contributed by atoms with van der Waals surface area (Å²) in [5.41, 5.74) is 2.21. The van der Waals surface area contributed by atoms with E-state index in [0.29, 0.717) is 19.6 Å². The Hall–Kier alpha value is -1.14. The number of hydrogen-bond donors (Lipinski definition) is 2. The first-order chi connectivity index (χ1) is 10.2. The molecule has 2 unspecified atom stereocenters. The van der Waals surface area contributed by atoms with E-state index in [1.54, 1.807) is 0 Å². The van der Waals surface area contributed by atoms with Gasteiger partial charge in [-0.25, -0.2) is 5.84 Å². The Morgan fingerprint density at radius 1 is 1.05 bits per heavy atom. The average molecular weight is 294 g/mol. The molecule has 3 aliphatic rings. The second kappa shape index (κ2) is 6.32. The van der Waals surface area contributed by atoms with Gasteiger partial charge in [0.2, 0.25) is 11.8 Å². The van der Waals surface area contributed by atoms with E-state index in [9.17, 15) is 9.59 Å². The molecule has 0 aromatic carbocycles. The van der Waals surface area contributed by atoms with Crippen molar-refractivity contribution in [3.63, 3.8) is 0 Å². The van der Waals surface area contributed by atoms with E-state index in [1.807, 2.05) is 4.90 Å². The van der Waals surface area contributed by atoms with Crippen LogP contribution >= 0.6 is 0 Å². The number of likely N-dealkylation sites (tertiary alicyclic amines) is 2. The lowest BCUT2D eigenvalue weighted by Gasteiger charge is -2.32. The van der Waals surface area contributed by atoms with Crippen molar-refractivity contribution < 1.29 is 9.59 Å². The number of amides is 2. The molecule has 2 amide bonds. The Morgan fingerprint density at radius 3 is 2.24 bits per heavy atom. The minimum absolute atomic E-state index is 0.0369. The van der Waals surface area contributed by atoms with E-state index < -0.39 is 0 Å². The van der Waals surface area contributed by atoms with E-state index in [1.165, 1.54) is 19.3 Å². The Balaban J connectivity index is 1.43. The molecule has 118 valence electrons. The predicted octanol–water partition coefficient (Wildman–Crippen LogP) is -0.0532. The number of nitrogens with one attached hydrogen (secondary N) is 1. The number of carbonyl (C=O) groups excluding carboxylic acids is 2. The summed E-state index contributed by atoms with van der Waals surface area (Å²) in [6.07, 6.45) is 5.50. The Kier molecular flexibility index (Phi) is 4.45. The number of hydrazine groups is 1. The van der Waals surface area contributed by atoms with Gasteiger partial charge in [0.25, 0.3) is 0 Å². The van der Waals surface area contributed by atoms with Crippen molar-refractivity contribution >= 4 is 11.8 Å². The Labute approximate surface area is 126 Å². The standard InChI is InChI=1S/C15H26N4O2/c16-17-15(21)11-4-6-19(7-5-11)14(20)10-18-8-12-2-1-3-13(12)9-18/h11-13H,1-10,16H2,(H,17,21). The SMILES string of the molecule is NNC(=O)C1CCN(C(=O)CN2CC3CCCC3C2)CC1. The molecule has 1 saturated carbocycles. The average Bonchev–Trinajstić information content (AvgIpc) is 3.07. The van der Waals surface area contributed by atoms with Gasteiger partial charge in [-0.05, 0) is 37.5 Å². The van der Waals surface area contributed by atoms with Crippen LogP contribution in [0.15, 0.2) is 0 Å². The van der Waals surface area contributed by atoms with Gasteiger partial charge in [0, 0.05) is 32.1 Å². The first kappa shape index (κ1) is 14.8. The number of nitrogens with zero attached hydrogens (tertiary/aromatic N) is 2. The van der Waals surface area contributed by atoms with Crippen molar-refractivity contribution in [2.45, 2.75) is 32.1 Å². The summed E-state index contributed by atoms with van der Waals surface area (Å²) in [5, 5.41) is 0. The molecule has 2 heterocycles. The molecule has 0 spiro atoms. The van der Waals surface area contributed by atoms with Crippen molar-refractivity contribution in [1.29, 1.82) is 0 Å². The van der Waals surface area contributed by atoms with Gasteiger partial charge in [-0.3, -0.25) is 19.9 Å². The summed E-state index contributed by atoms with van der Waals surface area (Å²) in [6, 6.07) is 0. The van der Waals surface area contributed by atoms with Crippen LogP contribution in [0.2, 0.25) is 0 Å². The second-order valence-electron chi connectivity index (χ2n) is 6.81. The lowest BCUT2D eigenvalue weighted by molar-refractivity contribution is -0.136. The van der Waals surface area contributed by atoms with Crippen LogP contribution in [0.3, 0.4) is 0 Å². The molecular formula is C15H26N4O2. The summed E-state index contributed by atoms with van der Waals surface area (Å²) >= 11 is 0. The molecule has 2 saturated heterocycles. The number of hydrogen-bond acceptors (Lipinski definition) is 4. The van der Waals surface area contributed by atoms with Crippen molar-refractivity contribution in [3.05, 3.63) is 0 Å². The predicted molar refractivity (Wildman–Crippen MR) is 78.9 cm³/mol. The smallest absolute Gasteiger partial charge is 0.237 e. The maximum absolute atomic E-state index is 12.4. The first-order valence-electron chi connectivity index (χ1n) is 8.18. The summed E-state index contributed by atoms with van der Waals surface area (Å²) in [6.45, 7) is 4.11. The van der Waals surface area contributed by atoms with Crippen LogP contribution in [0.1, 0.15) is 32.1 Å². The summed E-state index contributed by atoms with van der Waals surface area (Å²) < 4.78 is 0. The maximum Gasteiger partial charge on any atom is 0.237 e. The molecule has 6 nitrogen and oxygen atoms in total. The number of fused-ring (bicyclic) bond motifs is 1. The van der Waals surface area contributed by atoms with E-state index >= 15 is 0 Å². The Morgan fingerprint density at radius 2 is 1.67 bits per heavy atom. The van der Waals surface area contributed by atoms with Gasteiger partial charge >= 0.3 is 0 Å². The van der Waals surface area contributed by atoms with Crippen LogP contribution in [0.25, 0.3) is 0 Å². The number of carbonyl (C=O) groups is 2. The largest absolute Gasteiger partial charge is 0.342 e. The number of nitrogens with two attached hydrogens (primary N) is 1. The number of rotatable bonds is 3. The maximum atomic E-state index is 12.4. The van der Waals surface area contributed by atoms with Crippen molar-refractivity contribution in [2.24, 2.45) is 23.6 Å². The lowest BCUT2D eigenvalue weighted by atomic mass is 9.96. The van der Waals surface area contributed by atoms with Gasteiger partial charge in [0.05, 0.1) is 6.54 Å². The third-order valence-electron chi connectivity index (χ3n) is 5.52. The van der Waals surface area contributed by atoms with Crippen LogP contribution in [-0.2, 0) is 9.59 Å². The highest BCUT2D eigenvalue weighted by molar-refractivity contribution is 5.80. The summed E-state index contributed by atoms with van der Waals surface area (Å²) in [4.78, 5) is 28.1. The molecule has 21 heavy (non-hydrogen) atoms. The first-order valence-corrected chi connectivity index (χ1v) is 8.18. The minimum Gasteiger partial charge on any atom is -0.342 e. The fourth-order valence-electron chi connectivity index (χ4n) is 4.26. The van der Waals surface area contributed by atoms with Gasteiger partial charge in [-0.15, -0.1) is 0 Å². The molecule has 3 N–H and O–H groups in total. The van der Waals surface area contributed by atoms with Crippen LogP contribution in [-0.4, -0.2) is 54.3 Å². The van der Waals surface area contributed by atoms with Gasteiger partial charge in [-0.2, -0.15) is 0 Å². The van der Waals surface area contributed by atoms with Gasteiger partial charge in [0.1, 0.15) is 0 Å². The van der Waals surface area contributed by atoms with Crippen LogP contribution in [0.4, 0.5) is 0 Å². The van der Waals surface area contributed by atoms with Crippen molar-refractivity contribution in [1.82, 2.24) is 15.2 Å². The zero-order valence-electron chi connectivity index (χ0n) is 12.6. The molecule has 1 aliphatic carbocycles. The van der Waals surface area contributed by atoms with Crippen LogP contribution in [0, 0.1) is 17.8 Å². The van der Waals surface area contributed by atoms with E-state index in [-0.39, 0.29) is 17.7 Å². The monoisotopic (exact) mass is 294 g/mol. The Bertz CT molecular complexity index is 394. The molecule has 2 aliphatic heterocycles. The van der Waals surface area contributed by atoms with Crippen LogP contribution in [0.5, 0.6) is 0 Å². The highest BCUT2D eigenvalue weighted by Crippen LogP contribution is 2.37. The molecule has 6 heteroatoms. The highest BCUT2D eigenvalue weighted by Gasteiger charge is 2.37. The second-order valence-corrected chi connectivity index (χ2v) is 6.81. The van der Waals surface area contributed by atoms with Gasteiger partial charge in [0.15, 0.2) is 0 Å². The van der Waals surface area contributed by atoms with Crippen molar-refractivity contribution in [3.8, 4) is 0 Å². The van der Waals surface area contributed by atoms with Crippen molar-refractivity contribution in [2.75, 3.05) is 32.7 Å². The van der Waals surface area contributed by atoms with E-state index in [0.717, 1.165) is 37.8 Å². The topological polar surface area (TPSA) is 78.7 Å². The third kappa shape index (κ3) is 3.21. The fraction of sp³-hybridized carbons (Fsp3) is 0.867. The van der Waals surface area contributed by atoms with Gasteiger partial charge < -0.3 is 4.90 Å². The fourth-order valence-corrected chi connectivity index (χ4v) is 4.26. The minimum atomic E-state index is -0.102. The zero-order chi connectivity index (χ0) is 14.8. The summed E-state index contributed by atoms with van der Waals surface area (Å²) in [7, 11) is 0. The highest BCUT2D eigenvalue weighted by atomic mass is 16.2. The number of piperidine rings is 1. The third-order valence-corrected chi connectivity index (χ3v) is 5.52. The molecule has 3 rings (SSSR count). The normalized spacial score (nSPS) is 30.4. The van der Waals surface area contributed by atoms with Crippen LogP contribution < -0.4 is 11.3 Å². The van der Waals surface area contributed by atoms with Gasteiger partial charge in [-0.1, -0.05) is 6.42 Å². The molecule has 0 bridgehead atoms. The molecular weight excluding hydrogens is 268 g/mol.